The van der Waals surface area contributed by atoms with Crippen LogP contribution in [0, 0.1) is 0 Å². The Balaban J connectivity index is 1.46. The third-order valence-electron chi connectivity index (χ3n) is 4.24. The largest absolute Gasteiger partial charge is 0.467 e. The van der Waals surface area contributed by atoms with Gasteiger partial charge in [0.1, 0.15) is 5.76 Å². The highest BCUT2D eigenvalue weighted by atomic mass is 16.5. The maximum Gasteiger partial charge on any atom is 0.251 e. The Hall–Kier alpha value is -2.15. The molecular formula is C19H25N3O3. The second-order valence-electron chi connectivity index (χ2n) is 6.35. The van der Waals surface area contributed by atoms with Crippen LogP contribution in [-0.2, 0) is 17.8 Å². The van der Waals surface area contributed by atoms with Crippen LogP contribution in [0.4, 0.5) is 0 Å². The van der Waals surface area contributed by atoms with Crippen LogP contribution in [0.5, 0.6) is 0 Å². The molecule has 2 heterocycles. The number of morpholine rings is 1. The highest BCUT2D eigenvalue weighted by Crippen LogP contribution is 2.07. The number of furan rings is 1. The quantitative estimate of drug-likeness (QED) is 0.800. The number of hydrogen-bond acceptors (Lipinski definition) is 5. The number of ether oxygens (including phenoxy) is 1. The molecule has 25 heavy (non-hydrogen) atoms. The van der Waals surface area contributed by atoms with Gasteiger partial charge >= 0.3 is 0 Å². The fourth-order valence-electron chi connectivity index (χ4n) is 2.87. The molecule has 0 spiro atoms. The Morgan fingerprint density at radius 3 is 3.00 bits per heavy atom. The van der Waals surface area contributed by atoms with Crippen molar-refractivity contribution in [2.45, 2.75) is 19.2 Å². The Kier molecular flexibility index (Phi) is 6.22. The van der Waals surface area contributed by atoms with Gasteiger partial charge < -0.3 is 24.7 Å². The minimum absolute atomic E-state index is 0.101. The maximum atomic E-state index is 12.3. The van der Waals surface area contributed by atoms with Gasteiger partial charge in [0.2, 0.25) is 0 Å². The molecule has 0 aliphatic carbocycles. The Labute approximate surface area is 148 Å². The summed E-state index contributed by atoms with van der Waals surface area (Å²) in [6.45, 7) is 4.63. The van der Waals surface area contributed by atoms with E-state index in [1.165, 1.54) is 0 Å². The minimum Gasteiger partial charge on any atom is -0.467 e. The molecule has 1 fully saturated rings. The van der Waals surface area contributed by atoms with E-state index in [9.17, 15) is 4.79 Å². The van der Waals surface area contributed by atoms with Gasteiger partial charge in [-0.05, 0) is 36.9 Å². The number of benzene rings is 1. The van der Waals surface area contributed by atoms with Crippen LogP contribution in [0.2, 0.25) is 0 Å². The number of hydrogen-bond donors (Lipinski definition) is 2. The zero-order valence-electron chi connectivity index (χ0n) is 14.5. The van der Waals surface area contributed by atoms with Gasteiger partial charge in [0.25, 0.3) is 5.91 Å². The summed E-state index contributed by atoms with van der Waals surface area (Å²) in [4.78, 5) is 14.5. The third kappa shape index (κ3) is 5.42. The van der Waals surface area contributed by atoms with Gasteiger partial charge in [-0.15, -0.1) is 0 Å². The zero-order chi connectivity index (χ0) is 17.5. The van der Waals surface area contributed by atoms with Crippen LogP contribution < -0.4 is 10.6 Å². The van der Waals surface area contributed by atoms with Crippen molar-refractivity contribution in [2.75, 3.05) is 33.3 Å². The summed E-state index contributed by atoms with van der Waals surface area (Å²) in [7, 11) is 2.11. The fourth-order valence-corrected chi connectivity index (χ4v) is 2.87. The molecular weight excluding hydrogens is 318 g/mol. The molecule has 0 saturated carbocycles. The first-order valence-corrected chi connectivity index (χ1v) is 8.61. The molecule has 1 aliphatic rings. The van der Waals surface area contributed by atoms with Crippen molar-refractivity contribution in [3.63, 3.8) is 0 Å². The van der Waals surface area contributed by atoms with E-state index < -0.39 is 0 Å². The molecule has 3 rings (SSSR count). The summed E-state index contributed by atoms with van der Waals surface area (Å²) in [5.74, 6) is 0.638. The average Bonchev–Trinajstić information content (AvgIpc) is 3.14. The summed E-state index contributed by atoms with van der Waals surface area (Å²) in [6, 6.07) is 11.3. The molecule has 1 amide bonds. The molecule has 6 nitrogen and oxygen atoms in total. The molecule has 0 unspecified atom stereocenters. The van der Waals surface area contributed by atoms with E-state index >= 15 is 0 Å². The lowest BCUT2D eigenvalue weighted by atomic mass is 10.1. The lowest BCUT2D eigenvalue weighted by molar-refractivity contribution is -0.0182. The molecule has 2 aromatic rings. The van der Waals surface area contributed by atoms with Crippen LogP contribution in [0.25, 0.3) is 0 Å². The first-order chi connectivity index (χ1) is 12.2. The second kappa shape index (κ2) is 8.80. The highest BCUT2D eigenvalue weighted by molar-refractivity contribution is 5.94. The fraction of sp³-hybridized carbons (Fsp3) is 0.421. The Bertz CT molecular complexity index is 672. The summed E-state index contributed by atoms with van der Waals surface area (Å²) >= 11 is 0. The van der Waals surface area contributed by atoms with Crippen LogP contribution in [0.15, 0.2) is 47.1 Å². The van der Waals surface area contributed by atoms with E-state index in [4.69, 9.17) is 9.15 Å². The topological polar surface area (TPSA) is 66.7 Å². The van der Waals surface area contributed by atoms with E-state index in [2.05, 4.69) is 22.6 Å². The van der Waals surface area contributed by atoms with E-state index in [0.717, 1.165) is 37.6 Å². The van der Waals surface area contributed by atoms with Crippen molar-refractivity contribution in [3.05, 3.63) is 59.5 Å². The van der Waals surface area contributed by atoms with Gasteiger partial charge in [0.15, 0.2) is 0 Å². The summed E-state index contributed by atoms with van der Waals surface area (Å²) in [5, 5.41) is 6.28. The van der Waals surface area contributed by atoms with E-state index in [1.54, 1.807) is 6.26 Å². The van der Waals surface area contributed by atoms with Crippen molar-refractivity contribution in [1.82, 2.24) is 15.5 Å². The minimum atomic E-state index is -0.101. The van der Waals surface area contributed by atoms with Crippen molar-refractivity contribution < 1.29 is 13.9 Å². The normalized spacial score (nSPS) is 18.2. The number of carbonyl (C=O) groups excluding carboxylic acids is 1. The van der Waals surface area contributed by atoms with Crippen molar-refractivity contribution in [3.8, 4) is 0 Å². The molecule has 1 aromatic carbocycles. The van der Waals surface area contributed by atoms with Crippen LogP contribution in [0.1, 0.15) is 21.7 Å². The predicted octanol–water partition coefficient (Wildman–Crippen LogP) is 1.63. The summed E-state index contributed by atoms with van der Waals surface area (Å²) < 4.78 is 11.0. The van der Waals surface area contributed by atoms with Gasteiger partial charge in [-0.1, -0.05) is 12.1 Å². The molecule has 1 aromatic heterocycles. The summed E-state index contributed by atoms with van der Waals surface area (Å²) in [5.41, 5.74) is 1.73. The smallest absolute Gasteiger partial charge is 0.251 e. The standard InChI is InChI=1S/C19H25N3O3/c1-22-7-9-25-18(14-22)12-20-11-15-4-2-5-16(10-15)19(23)21-13-17-6-3-8-24-17/h2-6,8,10,18,20H,7,9,11-14H2,1H3,(H,21,23)/t18-/m0/s1. The number of carbonyl (C=O) groups is 1. The Morgan fingerprint density at radius 2 is 2.20 bits per heavy atom. The molecule has 0 radical (unpaired) electrons. The van der Waals surface area contributed by atoms with Gasteiger partial charge in [0.05, 0.1) is 25.5 Å². The molecule has 2 N–H and O–H groups in total. The van der Waals surface area contributed by atoms with E-state index in [-0.39, 0.29) is 12.0 Å². The van der Waals surface area contributed by atoms with Gasteiger partial charge in [0, 0.05) is 31.7 Å². The lowest BCUT2D eigenvalue weighted by Gasteiger charge is -2.30. The highest BCUT2D eigenvalue weighted by Gasteiger charge is 2.16. The predicted molar refractivity (Wildman–Crippen MR) is 95.3 cm³/mol. The average molecular weight is 343 g/mol. The van der Waals surface area contributed by atoms with Crippen LogP contribution in [-0.4, -0.2) is 50.2 Å². The molecule has 6 heteroatoms. The number of rotatable bonds is 7. The lowest BCUT2D eigenvalue weighted by Crippen LogP contribution is -2.44. The van der Waals surface area contributed by atoms with Crippen molar-refractivity contribution in [2.24, 2.45) is 0 Å². The van der Waals surface area contributed by atoms with Gasteiger partial charge in [-0.2, -0.15) is 0 Å². The monoisotopic (exact) mass is 343 g/mol. The third-order valence-corrected chi connectivity index (χ3v) is 4.24. The van der Waals surface area contributed by atoms with Crippen molar-refractivity contribution in [1.29, 1.82) is 0 Å². The van der Waals surface area contributed by atoms with E-state index in [1.807, 2.05) is 36.4 Å². The number of nitrogens with zero attached hydrogens (tertiary/aromatic N) is 1. The zero-order valence-corrected chi connectivity index (χ0v) is 14.5. The number of amides is 1. The van der Waals surface area contributed by atoms with Gasteiger partial charge in [-0.25, -0.2) is 0 Å². The van der Waals surface area contributed by atoms with E-state index in [0.29, 0.717) is 18.7 Å². The maximum absolute atomic E-state index is 12.3. The van der Waals surface area contributed by atoms with Crippen molar-refractivity contribution >= 4 is 5.91 Å². The van der Waals surface area contributed by atoms with Crippen LogP contribution in [0.3, 0.4) is 0 Å². The molecule has 134 valence electrons. The first kappa shape index (κ1) is 17.7. The summed E-state index contributed by atoms with van der Waals surface area (Å²) in [6.07, 6.45) is 1.82. The number of nitrogens with one attached hydrogen (secondary N) is 2. The Morgan fingerprint density at radius 1 is 1.28 bits per heavy atom. The van der Waals surface area contributed by atoms with Gasteiger partial charge in [-0.3, -0.25) is 4.79 Å². The number of likely N-dealkylation sites (N-methyl/N-ethyl adjacent to an activating group) is 1. The molecule has 1 aliphatic heterocycles. The second-order valence-corrected chi connectivity index (χ2v) is 6.35. The molecule has 1 atom stereocenters. The molecule has 0 bridgehead atoms. The SMILES string of the molecule is CN1CCO[C@@H](CNCc2cccc(C(=O)NCc3ccco3)c2)C1. The van der Waals surface area contributed by atoms with Crippen LogP contribution >= 0.6 is 0 Å². The molecule has 1 saturated heterocycles. The first-order valence-electron chi connectivity index (χ1n) is 8.61.